The quantitative estimate of drug-likeness (QED) is 0.918. The molecule has 0 radical (unpaired) electrons. The van der Waals surface area contributed by atoms with Crippen molar-refractivity contribution in [2.45, 2.75) is 40.0 Å². The van der Waals surface area contributed by atoms with Crippen molar-refractivity contribution in [1.82, 2.24) is 9.97 Å². The van der Waals surface area contributed by atoms with Gasteiger partial charge in [-0.2, -0.15) is 0 Å². The molecule has 5 heteroatoms. The lowest BCUT2D eigenvalue weighted by Crippen LogP contribution is -2.34. The van der Waals surface area contributed by atoms with E-state index in [0.717, 1.165) is 25.0 Å². The van der Waals surface area contributed by atoms with E-state index in [1.807, 2.05) is 13.8 Å². The first-order chi connectivity index (χ1) is 9.54. The molecule has 0 saturated carbocycles. The summed E-state index contributed by atoms with van der Waals surface area (Å²) >= 11 is 0. The van der Waals surface area contributed by atoms with E-state index >= 15 is 0 Å². The summed E-state index contributed by atoms with van der Waals surface area (Å²) in [7, 11) is 0. The zero-order chi connectivity index (χ0) is 14.5. The summed E-state index contributed by atoms with van der Waals surface area (Å²) in [6.07, 6.45) is 6.29. The lowest BCUT2D eigenvalue weighted by Gasteiger charge is -2.30. The van der Waals surface area contributed by atoms with Gasteiger partial charge in [0.25, 0.3) is 0 Å². The second-order valence-electron chi connectivity index (χ2n) is 6.09. The highest BCUT2D eigenvalue weighted by molar-refractivity contribution is 5.90. The van der Waals surface area contributed by atoms with E-state index in [9.17, 15) is 4.79 Å². The van der Waals surface area contributed by atoms with Crippen LogP contribution < -0.4 is 10.2 Å². The molecular formula is C15H24N4O. The lowest BCUT2D eigenvalue weighted by atomic mass is 10.00. The van der Waals surface area contributed by atoms with Crippen molar-refractivity contribution in [2.24, 2.45) is 11.8 Å². The maximum Gasteiger partial charge on any atom is 0.225 e. The van der Waals surface area contributed by atoms with Crippen molar-refractivity contribution < 1.29 is 4.79 Å². The van der Waals surface area contributed by atoms with Crippen LogP contribution in [0.1, 0.15) is 40.0 Å². The fraction of sp³-hybridized carbons (Fsp3) is 0.667. The molecule has 0 atom stereocenters. The predicted molar refractivity (Wildman–Crippen MR) is 80.7 cm³/mol. The Balaban J connectivity index is 1.91. The largest absolute Gasteiger partial charge is 0.341 e. The molecular weight excluding hydrogens is 252 g/mol. The van der Waals surface area contributed by atoms with Crippen LogP contribution in [-0.4, -0.2) is 29.0 Å². The third kappa shape index (κ3) is 4.18. The molecule has 0 aliphatic carbocycles. The molecule has 0 spiro atoms. The summed E-state index contributed by atoms with van der Waals surface area (Å²) < 4.78 is 0. The van der Waals surface area contributed by atoms with Crippen LogP contribution in [0.25, 0.3) is 0 Å². The van der Waals surface area contributed by atoms with Gasteiger partial charge in [-0.3, -0.25) is 4.79 Å². The molecule has 1 aromatic heterocycles. The molecule has 2 heterocycles. The van der Waals surface area contributed by atoms with E-state index < -0.39 is 0 Å². The van der Waals surface area contributed by atoms with E-state index in [1.165, 1.54) is 12.8 Å². The minimum atomic E-state index is 0.0168. The second kappa shape index (κ2) is 6.68. The highest BCUT2D eigenvalue weighted by Gasteiger charge is 2.17. The number of aromatic nitrogens is 2. The van der Waals surface area contributed by atoms with Crippen LogP contribution in [0.4, 0.5) is 11.6 Å². The molecule has 1 aliphatic rings. The first kappa shape index (κ1) is 14.8. The zero-order valence-electron chi connectivity index (χ0n) is 12.6. The number of carbonyl (C=O) groups is 1. The third-order valence-electron chi connectivity index (χ3n) is 3.58. The van der Waals surface area contributed by atoms with E-state index in [0.29, 0.717) is 18.0 Å². The topological polar surface area (TPSA) is 58.1 Å². The number of hydrogen-bond acceptors (Lipinski definition) is 4. The van der Waals surface area contributed by atoms with Crippen LogP contribution in [0.3, 0.4) is 0 Å². The van der Waals surface area contributed by atoms with Gasteiger partial charge in [0.2, 0.25) is 11.9 Å². The van der Waals surface area contributed by atoms with Crippen LogP contribution in [0.2, 0.25) is 0 Å². The summed E-state index contributed by atoms with van der Waals surface area (Å²) in [5.41, 5.74) is 0.671. The van der Waals surface area contributed by atoms with E-state index in [2.05, 4.69) is 27.1 Å². The van der Waals surface area contributed by atoms with Gasteiger partial charge < -0.3 is 10.2 Å². The van der Waals surface area contributed by atoms with Gasteiger partial charge in [-0.15, -0.1) is 0 Å². The molecule has 1 amide bonds. The van der Waals surface area contributed by atoms with Crippen molar-refractivity contribution in [2.75, 3.05) is 23.3 Å². The summed E-state index contributed by atoms with van der Waals surface area (Å²) in [5.74, 6) is 1.92. The number of nitrogens with one attached hydrogen (secondary N) is 1. The molecule has 1 aliphatic heterocycles. The summed E-state index contributed by atoms with van der Waals surface area (Å²) in [6, 6.07) is 0. The Morgan fingerprint density at radius 2 is 1.95 bits per heavy atom. The Kier molecular flexibility index (Phi) is 4.93. The normalized spacial score (nSPS) is 16.5. The molecule has 5 nitrogen and oxygen atoms in total. The first-order valence-electron chi connectivity index (χ1n) is 7.41. The van der Waals surface area contributed by atoms with Gasteiger partial charge in [-0.05, 0) is 24.7 Å². The van der Waals surface area contributed by atoms with Gasteiger partial charge in [-0.1, -0.05) is 20.8 Å². The Bertz CT molecular complexity index is 436. The number of piperidine rings is 1. The van der Waals surface area contributed by atoms with Crippen LogP contribution in [-0.2, 0) is 4.79 Å². The minimum absolute atomic E-state index is 0.0168. The van der Waals surface area contributed by atoms with Gasteiger partial charge in [0.15, 0.2) is 0 Å². The number of amides is 1. The van der Waals surface area contributed by atoms with Gasteiger partial charge in [0.05, 0.1) is 18.1 Å². The molecule has 0 unspecified atom stereocenters. The Labute approximate surface area is 120 Å². The number of anilines is 2. The van der Waals surface area contributed by atoms with E-state index in [-0.39, 0.29) is 5.91 Å². The summed E-state index contributed by atoms with van der Waals surface area (Å²) in [6.45, 7) is 8.36. The number of hydrogen-bond donors (Lipinski definition) is 1. The van der Waals surface area contributed by atoms with E-state index in [1.54, 1.807) is 12.4 Å². The molecule has 110 valence electrons. The van der Waals surface area contributed by atoms with Crippen LogP contribution >= 0.6 is 0 Å². The smallest absolute Gasteiger partial charge is 0.225 e. The Hall–Kier alpha value is -1.65. The Morgan fingerprint density at radius 1 is 1.35 bits per heavy atom. The number of nitrogens with zero attached hydrogens (tertiary/aromatic N) is 3. The highest BCUT2D eigenvalue weighted by atomic mass is 16.1. The molecule has 0 bridgehead atoms. The SMILES string of the molecule is CC(C)CC(=O)Nc1cnc(N2CCC(C)CC2)nc1. The van der Waals surface area contributed by atoms with Gasteiger partial charge >= 0.3 is 0 Å². The second-order valence-corrected chi connectivity index (χ2v) is 6.09. The molecule has 0 aromatic carbocycles. The molecule has 20 heavy (non-hydrogen) atoms. The van der Waals surface area contributed by atoms with Crippen molar-refractivity contribution in [3.63, 3.8) is 0 Å². The Morgan fingerprint density at radius 3 is 2.50 bits per heavy atom. The van der Waals surface area contributed by atoms with Crippen molar-refractivity contribution in [1.29, 1.82) is 0 Å². The average Bonchev–Trinajstić information content (AvgIpc) is 2.39. The average molecular weight is 276 g/mol. The molecule has 1 aromatic rings. The molecule has 1 fully saturated rings. The summed E-state index contributed by atoms with van der Waals surface area (Å²) in [4.78, 5) is 22.6. The first-order valence-corrected chi connectivity index (χ1v) is 7.41. The maximum atomic E-state index is 11.7. The fourth-order valence-electron chi connectivity index (χ4n) is 2.34. The van der Waals surface area contributed by atoms with Crippen LogP contribution in [0.15, 0.2) is 12.4 Å². The van der Waals surface area contributed by atoms with Gasteiger partial charge in [0.1, 0.15) is 0 Å². The predicted octanol–water partition coefficient (Wildman–Crippen LogP) is 2.70. The van der Waals surface area contributed by atoms with E-state index in [4.69, 9.17) is 0 Å². The fourth-order valence-corrected chi connectivity index (χ4v) is 2.34. The summed E-state index contributed by atoms with van der Waals surface area (Å²) in [5, 5.41) is 2.83. The standard InChI is InChI=1S/C15H24N4O/c1-11(2)8-14(20)18-13-9-16-15(17-10-13)19-6-4-12(3)5-7-19/h9-12H,4-8H2,1-3H3,(H,18,20). The molecule has 1 saturated heterocycles. The van der Waals surface area contributed by atoms with Crippen LogP contribution in [0, 0.1) is 11.8 Å². The number of carbonyl (C=O) groups excluding carboxylic acids is 1. The molecule has 2 rings (SSSR count). The van der Waals surface area contributed by atoms with Gasteiger partial charge in [-0.25, -0.2) is 9.97 Å². The maximum absolute atomic E-state index is 11.7. The van der Waals surface area contributed by atoms with Gasteiger partial charge in [0, 0.05) is 19.5 Å². The van der Waals surface area contributed by atoms with Crippen LogP contribution in [0.5, 0.6) is 0 Å². The molecule has 1 N–H and O–H groups in total. The van der Waals surface area contributed by atoms with Crippen molar-refractivity contribution in [3.8, 4) is 0 Å². The monoisotopic (exact) mass is 276 g/mol. The lowest BCUT2D eigenvalue weighted by molar-refractivity contribution is -0.116. The van der Waals surface area contributed by atoms with Crippen molar-refractivity contribution in [3.05, 3.63) is 12.4 Å². The van der Waals surface area contributed by atoms with Crippen molar-refractivity contribution >= 4 is 17.5 Å². The third-order valence-corrected chi connectivity index (χ3v) is 3.58. The number of rotatable bonds is 4. The zero-order valence-corrected chi connectivity index (χ0v) is 12.6. The minimum Gasteiger partial charge on any atom is -0.341 e. The highest BCUT2D eigenvalue weighted by Crippen LogP contribution is 2.20.